The Hall–Kier alpha value is -2.22. The third-order valence-corrected chi connectivity index (χ3v) is 6.09. The maximum atomic E-state index is 12.5. The van der Waals surface area contributed by atoms with E-state index in [-0.39, 0.29) is 16.2 Å². The molecule has 0 unspecified atom stereocenters. The van der Waals surface area contributed by atoms with Crippen LogP contribution in [0.25, 0.3) is 11.4 Å². The van der Waals surface area contributed by atoms with Crippen LogP contribution in [-0.4, -0.2) is 18.6 Å². The van der Waals surface area contributed by atoms with Crippen LogP contribution in [-0.2, 0) is 15.4 Å². The van der Waals surface area contributed by atoms with E-state index in [4.69, 9.17) is 16.1 Å². The molecule has 148 valence electrons. The first-order valence-electron chi connectivity index (χ1n) is 8.79. The van der Waals surface area contributed by atoms with Crippen molar-refractivity contribution in [1.29, 1.82) is 0 Å². The lowest BCUT2D eigenvalue weighted by Gasteiger charge is -2.18. The molecule has 0 amide bonds. The largest absolute Gasteiger partial charge is 0.337 e. The number of nitrogens with one attached hydrogen (secondary N) is 1. The monoisotopic (exact) mass is 419 g/mol. The maximum Gasteiger partial charge on any atom is 0.244 e. The Bertz CT molecular complexity index is 1050. The lowest BCUT2D eigenvalue weighted by molar-refractivity contribution is 0.354. The van der Waals surface area contributed by atoms with Crippen LogP contribution in [0.4, 0.5) is 0 Å². The van der Waals surface area contributed by atoms with E-state index in [9.17, 15) is 8.42 Å². The summed E-state index contributed by atoms with van der Waals surface area (Å²) in [6, 6.07) is 13.1. The molecule has 6 nitrogen and oxygen atoms in total. The Balaban J connectivity index is 1.77. The summed E-state index contributed by atoms with van der Waals surface area (Å²) in [5.74, 6) is 0.598. The smallest absolute Gasteiger partial charge is 0.244 e. The third-order valence-electron chi connectivity index (χ3n) is 4.28. The van der Waals surface area contributed by atoms with Crippen LogP contribution >= 0.6 is 11.6 Å². The lowest BCUT2D eigenvalue weighted by atomic mass is 9.87. The third kappa shape index (κ3) is 4.60. The van der Waals surface area contributed by atoms with E-state index in [1.54, 1.807) is 6.92 Å². The van der Waals surface area contributed by atoms with Gasteiger partial charge in [0.25, 0.3) is 0 Å². The zero-order chi connectivity index (χ0) is 20.5. The molecule has 0 radical (unpaired) electrons. The summed E-state index contributed by atoms with van der Waals surface area (Å²) in [5.41, 5.74) is 2.05. The Kier molecular flexibility index (Phi) is 5.61. The second-order valence-corrected chi connectivity index (χ2v) is 9.73. The van der Waals surface area contributed by atoms with Gasteiger partial charge in [-0.25, -0.2) is 8.42 Å². The fourth-order valence-electron chi connectivity index (χ4n) is 2.61. The van der Waals surface area contributed by atoms with Gasteiger partial charge in [-0.3, -0.25) is 0 Å². The first-order valence-corrected chi connectivity index (χ1v) is 10.6. The Morgan fingerprint density at radius 3 is 2.21 bits per heavy atom. The molecule has 0 aliphatic carbocycles. The molecule has 1 heterocycles. The SMILES string of the molecule is C[C@H](NS(=O)(=O)c1ccc(Cl)cc1)c1nc(-c2ccc(C(C)(C)C)cc2)no1. The average Bonchev–Trinajstić information content (AvgIpc) is 3.11. The van der Waals surface area contributed by atoms with Gasteiger partial charge in [0.15, 0.2) is 0 Å². The van der Waals surface area contributed by atoms with Gasteiger partial charge < -0.3 is 4.52 Å². The van der Waals surface area contributed by atoms with Crippen molar-refractivity contribution in [3.05, 3.63) is 65.0 Å². The minimum Gasteiger partial charge on any atom is -0.337 e. The van der Waals surface area contributed by atoms with Gasteiger partial charge in [-0.15, -0.1) is 0 Å². The first-order chi connectivity index (χ1) is 13.1. The molecular formula is C20H22ClN3O3S. The van der Waals surface area contributed by atoms with E-state index < -0.39 is 16.1 Å². The Labute approximate surface area is 170 Å². The molecule has 3 aromatic rings. The van der Waals surface area contributed by atoms with Crippen molar-refractivity contribution in [3.8, 4) is 11.4 Å². The van der Waals surface area contributed by atoms with Gasteiger partial charge in [0.05, 0.1) is 10.9 Å². The predicted molar refractivity (Wildman–Crippen MR) is 109 cm³/mol. The summed E-state index contributed by atoms with van der Waals surface area (Å²) >= 11 is 5.81. The van der Waals surface area contributed by atoms with Crippen molar-refractivity contribution >= 4 is 21.6 Å². The molecule has 0 spiro atoms. The summed E-state index contributed by atoms with van der Waals surface area (Å²) in [5, 5.41) is 4.44. The average molecular weight is 420 g/mol. The fourth-order valence-corrected chi connectivity index (χ4v) is 3.94. The van der Waals surface area contributed by atoms with Crippen molar-refractivity contribution in [3.63, 3.8) is 0 Å². The van der Waals surface area contributed by atoms with Crippen LogP contribution in [0.2, 0.25) is 5.02 Å². The Morgan fingerprint density at radius 2 is 1.64 bits per heavy atom. The van der Waals surface area contributed by atoms with Gasteiger partial charge in [0, 0.05) is 10.6 Å². The number of benzene rings is 2. The van der Waals surface area contributed by atoms with E-state index in [2.05, 4.69) is 35.6 Å². The molecule has 3 rings (SSSR count). The van der Waals surface area contributed by atoms with Crippen molar-refractivity contribution in [2.24, 2.45) is 0 Å². The number of halogens is 1. The molecule has 8 heteroatoms. The number of aromatic nitrogens is 2. The van der Waals surface area contributed by atoms with Gasteiger partial charge in [-0.1, -0.05) is 61.8 Å². The second-order valence-electron chi connectivity index (χ2n) is 7.58. The number of hydrogen-bond donors (Lipinski definition) is 1. The highest BCUT2D eigenvalue weighted by Crippen LogP contribution is 2.26. The normalized spacial score (nSPS) is 13.5. The Morgan fingerprint density at radius 1 is 1.04 bits per heavy atom. The van der Waals surface area contributed by atoms with E-state index in [1.807, 2.05) is 24.3 Å². The molecule has 0 bridgehead atoms. The first kappa shape index (κ1) is 20.5. The van der Waals surface area contributed by atoms with Crippen molar-refractivity contribution in [1.82, 2.24) is 14.9 Å². The molecule has 1 N–H and O–H groups in total. The van der Waals surface area contributed by atoms with Gasteiger partial charge in [0.1, 0.15) is 0 Å². The standard InChI is InChI=1S/C20H22ClN3O3S/c1-13(24-28(25,26)17-11-9-16(21)10-12-17)19-22-18(23-27-19)14-5-7-15(8-6-14)20(2,3)4/h5-13,24H,1-4H3/t13-/m0/s1. The van der Waals surface area contributed by atoms with Gasteiger partial charge in [-0.05, 0) is 42.2 Å². The number of hydrogen-bond acceptors (Lipinski definition) is 5. The summed E-state index contributed by atoms with van der Waals surface area (Å²) in [7, 11) is -3.74. The highest BCUT2D eigenvalue weighted by Gasteiger charge is 2.23. The fraction of sp³-hybridized carbons (Fsp3) is 0.300. The molecule has 0 aliphatic heterocycles. The molecule has 1 aromatic heterocycles. The number of rotatable bonds is 5. The quantitative estimate of drug-likeness (QED) is 0.646. The topological polar surface area (TPSA) is 85.1 Å². The van der Waals surface area contributed by atoms with Crippen LogP contribution in [0.3, 0.4) is 0 Å². The van der Waals surface area contributed by atoms with E-state index in [1.165, 1.54) is 29.8 Å². The summed E-state index contributed by atoms with van der Waals surface area (Å²) in [6.07, 6.45) is 0. The molecule has 1 atom stereocenters. The van der Waals surface area contributed by atoms with Crippen LogP contribution in [0.5, 0.6) is 0 Å². The van der Waals surface area contributed by atoms with Crippen molar-refractivity contribution < 1.29 is 12.9 Å². The highest BCUT2D eigenvalue weighted by molar-refractivity contribution is 7.89. The summed E-state index contributed by atoms with van der Waals surface area (Å²) in [6.45, 7) is 8.07. The summed E-state index contributed by atoms with van der Waals surface area (Å²) < 4.78 is 32.8. The molecule has 28 heavy (non-hydrogen) atoms. The minimum atomic E-state index is -3.74. The lowest BCUT2D eigenvalue weighted by Crippen LogP contribution is -2.27. The summed E-state index contributed by atoms with van der Waals surface area (Å²) in [4.78, 5) is 4.45. The predicted octanol–water partition coefficient (Wildman–Crippen LogP) is 4.73. The highest BCUT2D eigenvalue weighted by atomic mass is 35.5. The zero-order valence-corrected chi connectivity index (χ0v) is 17.7. The van der Waals surface area contributed by atoms with Crippen LogP contribution < -0.4 is 4.72 Å². The number of sulfonamides is 1. The maximum absolute atomic E-state index is 12.5. The van der Waals surface area contributed by atoms with Gasteiger partial charge in [-0.2, -0.15) is 9.71 Å². The zero-order valence-electron chi connectivity index (χ0n) is 16.1. The van der Waals surface area contributed by atoms with Gasteiger partial charge in [0.2, 0.25) is 21.7 Å². The van der Waals surface area contributed by atoms with Crippen LogP contribution in [0.15, 0.2) is 57.9 Å². The molecule has 0 saturated heterocycles. The van der Waals surface area contributed by atoms with Crippen LogP contribution in [0.1, 0.15) is 45.2 Å². The number of nitrogens with zero attached hydrogens (tertiary/aromatic N) is 2. The molecule has 0 aliphatic rings. The van der Waals surface area contributed by atoms with Crippen molar-refractivity contribution in [2.75, 3.05) is 0 Å². The van der Waals surface area contributed by atoms with E-state index in [0.717, 1.165) is 5.56 Å². The minimum absolute atomic E-state index is 0.0510. The van der Waals surface area contributed by atoms with E-state index in [0.29, 0.717) is 10.8 Å². The molecule has 0 fully saturated rings. The van der Waals surface area contributed by atoms with Gasteiger partial charge >= 0.3 is 0 Å². The van der Waals surface area contributed by atoms with Crippen molar-refractivity contribution in [2.45, 2.75) is 44.0 Å². The van der Waals surface area contributed by atoms with Crippen LogP contribution in [0, 0.1) is 0 Å². The molecule has 2 aromatic carbocycles. The molecular weight excluding hydrogens is 398 g/mol. The second kappa shape index (κ2) is 7.66. The molecule has 0 saturated carbocycles. The van der Waals surface area contributed by atoms with E-state index >= 15 is 0 Å².